The summed E-state index contributed by atoms with van der Waals surface area (Å²) in [7, 11) is 1.13. The normalized spacial score (nSPS) is 9.88. The topological polar surface area (TPSA) is 59.3 Å². The molecule has 0 amide bonds. The van der Waals surface area contributed by atoms with E-state index < -0.39 is 12.6 Å². The van der Waals surface area contributed by atoms with Crippen molar-refractivity contribution in [2.75, 3.05) is 7.11 Å². The summed E-state index contributed by atoms with van der Waals surface area (Å²) in [5.74, 6) is -1.09. The molecule has 0 spiro atoms. The third-order valence-corrected chi connectivity index (χ3v) is 2.68. The number of benzene rings is 1. The molecule has 4 nitrogen and oxygen atoms in total. The van der Waals surface area contributed by atoms with E-state index in [0.29, 0.717) is 3.57 Å². The van der Waals surface area contributed by atoms with E-state index in [-0.39, 0.29) is 16.9 Å². The summed E-state index contributed by atoms with van der Waals surface area (Å²) in [5.41, 5.74) is -0.366. The average Bonchev–Trinajstić information content (AvgIpc) is 2.30. The number of hydrogen-bond acceptors (Lipinski definition) is 4. The van der Waals surface area contributed by atoms with Crippen LogP contribution in [0.4, 0.5) is 8.78 Å². The first-order valence-electron chi connectivity index (χ1n) is 4.27. The van der Waals surface area contributed by atoms with Crippen molar-refractivity contribution in [3.63, 3.8) is 0 Å². The lowest BCUT2D eigenvalue weighted by molar-refractivity contribution is -0.0507. The van der Waals surface area contributed by atoms with Crippen molar-refractivity contribution >= 4 is 28.6 Å². The van der Waals surface area contributed by atoms with Crippen molar-refractivity contribution in [2.24, 2.45) is 0 Å². The summed E-state index contributed by atoms with van der Waals surface area (Å²) in [4.78, 5) is 11.3. The van der Waals surface area contributed by atoms with E-state index in [1.54, 1.807) is 28.7 Å². The Morgan fingerprint density at radius 1 is 1.53 bits per heavy atom. The molecule has 0 aromatic heterocycles. The minimum Gasteiger partial charge on any atom is -0.465 e. The van der Waals surface area contributed by atoms with Gasteiger partial charge in [0.05, 0.1) is 16.2 Å². The van der Waals surface area contributed by atoms with Gasteiger partial charge in [0.2, 0.25) is 0 Å². The highest BCUT2D eigenvalue weighted by Crippen LogP contribution is 2.30. The Labute approximate surface area is 109 Å². The molecule has 17 heavy (non-hydrogen) atoms. The monoisotopic (exact) mass is 353 g/mol. The first-order chi connectivity index (χ1) is 8.01. The van der Waals surface area contributed by atoms with E-state index in [1.165, 1.54) is 12.1 Å². The smallest absolute Gasteiger partial charge is 0.387 e. The van der Waals surface area contributed by atoms with Gasteiger partial charge in [0.15, 0.2) is 5.75 Å². The number of alkyl halides is 2. The van der Waals surface area contributed by atoms with Crippen LogP contribution in [0.3, 0.4) is 0 Å². The lowest BCUT2D eigenvalue weighted by atomic mass is 10.1. The fraction of sp³-hybridized carbons (Fsp3) is 0.200. The van der Waals surface area contributed by atoms with Crippen LogP contribution in [0, 0.1) is 14.9 Å². The molecule has 0 radical (unpaired) electrons. The van der Waals surface area contributed by atoms with Gasteiger partial charge in [-0.2, -0.15) is 14.0 Å². The number of carbonyl (C=O) groups is 1. The highest BCUT2D eigenvalue weighted by molar-refractivity contribution is 14.1. The Morgan fingerprint density at radius 2 is 2.18 bits per heavy atom. The summed E-state index contributed by atoms with van der Waals surface area (Å²) in [6, 6.07) is 4.38. The van der Waals surface area contributed by atoms with E-state index in [0.717, 1.165) is 7.11 Å². The summed E-state index contributed by atoms with van der Waals surface area (Å²) >= 11 is 1.73. The lowest BCUT2D eigenvalue weighted by Crippen LogP contribution is -2.10. The molecule has 0 heterocycles. The maximum Gasteiger partial charge on any atom is 0.387 e. The van der Waals surface area contributed by atoms with Crippen LogP contribution < -0.4 is 4.74 Å². The van der Waals surface area contributed by atoms with Gasteiger partial charge in [0, 0.05) is 0 Å². The largest absolute Gasteiger partial charge is 0.465 e. The molecule has 7 heteroatoms. The Bertz CT molecular complexity index is 485. The molecular formula is C10H6F2INO3. The minimum absolute atomic E-state index is 0.105. The van der Waals surface area contributed by atoms with Gasteiger partial charge < -0.3 is 9.47 Å². The van der Waals surface area contributed by atoms with Gasteiger partial charge >= 0.3 is 12.6 Å². The van der Waals surface area contributed by atoms with Gasteiger partial charge in [-0.15, -0.1) is 0 Å². The second-order valence-electron chi connectivity index (χ2n) is 2.78. The number of ether oxygens (including phenoxy) is 2. The summed E-state index contributed by atoms with van der Waals surface area (Å²) in [6.07, 6.45) is 0. The van der Waals surface area contributed by atoms with Crippen LogP contribution in [0.2, 0.25) is 0 Å². The highest BCUT2D eigenvalue weighted by atomic mass is 127. The Morgan fingerprint density at radius 3 is 2.65 bits per heavy atom. The first kappa shape index (κ1) is 13.6. The molecule has 0 saturated heterocycles. The van der Waals surface area contributed by atoms with Crippen LogP contribution in [0.15, 0.2) is 12.1 Å². The minimum atomic E-state index is -3.07. The van der Waals surface area contributed by atoms with Crippen LogP contribution >= 0.6 is 22.6 Å². The van der Waals surface area contributed by atoms with E-state index in [1.807, 2.05) is 0 Å². The Kier molecular flexibility index (Phi) is 4.62. The molecule has 0 aliphatic heterocycles. The fourth-order valence-electron chi connectivity index (χ4n) is 1.15. The van der Waals surface area contributed by atoms with E-state index in [4.69, 9.17) is 5.26 Å². The molecule has 0 atom stereocenters. The number of esters is 1. The molecule has 1 aromatic rings. The quantitative estimate of drug-likeness (QED) is 0.619. The molecule has 90 valence electrons. The average molecular weight is 353 g/mol. The van der Waals surface area contributed by atoms with E-state index in [9.17, 15) is 13.6 Å². The van der Waals surface area contributed by atoms with E-state index >= 15 is 0 Å². The zero-order chi connectivity index (χ0) is 13.0. The number of nitriles is 1. The molecule has 0 aliphatic rings. The fourth-order valence-corrected chi connectivity index (χ4v) is 1.73. The number of rotatable bonds is 3. The molecule has 1 aromatic carbocycles. The number of carbonyl (C=O) groups excluding carboxylic acids is 1. The number of hydrogen-bond donors (Lipinski definition) is 0. The van der Waals surface area contributed by atoms with Crippen LogP contribution in [0.25, 0.3) is 0 Å². The zero-order valence-corrected chi connectivity index (χ0v) is 10.7. The summed E-state index contributed by atoms with van der Waals surface area (Å²) in [5, 5.41) is 8.90. The van der Waals surface area contributed by atoms with Gasteiger partial charge in [-0.25, -0.2) is 4.79 Å². The van der Waals surface area contributed by atoms with Gasteiger partial charge in [-0.1, -0.05) is 0 Å². The van der Waals surface area contributed by atoms with Crippen molar-refractivity contribution in [3.05, 3.63) is 26.8 Å². The van der Waals surface area contributed by atoms with Gasteiger partial charge in [-0.3, -0.25) is 0 Å². The second kappa shape index (κ2) is 5.77. The maximum atomic E-state index is 12.2. The van der Waals surface area contributed by atoms with Crippen LogP contribution in [-0.2, 0) is 4.74 Å². The third-order valence-electron chi connectivity index (χ3n) is 1.83. The van der Waals surface area contributed by atoms with Gasteiger partial charge in [-0.05, 0) is 34.7 Å². The summed E-state index contributed by atoms with van der Waals surface area (Å²) < 4.78 is 33.3. The zero-order valence-electron chi connectivity index (χ0n) is 8.54. The molecule has 0 aliphatic carbocycles. The van der Waals surface area contributed by atoms with Crippen LogP contribution in [-0.4, -0.2) is 19.7 Å². The number of methoxy groups -OCH3 is 1. The molecule has 0 bridgehead atoms. The molecule has 0 saturated carbocycles. The van der Waals surface area contributed by atoms with Crippen LogP contribution in [0.5, 0.6) is 5.75 Å². The Hall–Kier alpha value is -1.43. The van der Waals surface area contributed by atoms with Crippen molar-refractivity contribution in [3.8, 4) is 11.8 Å². The summed E-state index contributed by atoms with van der Waals surface area (Å²) in [6.45, 7) is -3.07. The maximum absolute atomic E-state index is 12.2. The van der Waals surface area contributed by atoms with Crippen molar-refractivity contribution < 1.29 is 23.0 Å². The van der Waals surface area contributed by atoms with Crippen molar-refractivity contribution in [1.29, 1.82) is 5.26 Å². The predicted octanol–water partition coefficient (Wildman–Crippen LogP) is 2.55. The standard InChI is InChI=1S/C10H6F2INO3/c1-16-9(15)5-2-3-7(13)8(6(5)4-14)17-10(11)12/h2-3,10H,1H3. The number of nitrogens with zero attached hydrogens (tertiary/aromatic N) is 1. The molecule has 0 unspecified atom stereocenters. The molecule has 1 rings (SSSR count). The van der Waals surface area contributed by atoms with E-state index in [2.05, 4.69) is 9.47 Å². The first-order valence-corrected chi connectivity index (χ1v) is 5.34. The van der Waals surface area contributed by atoms with Crippen LogP contribution in [0.1, 0.15) is 15.9 Å². The third kappa shape index (κ3) is 3.03. The number of halogens is 3. The van der Waals surface area contributed by atoms with Gasteiger partial charge in [0.1, 0.15) is 11.6 Å². The molecular weight excluding hydrogens is 347 g/mol. The SMILES string of the molecule is COC(=O)c1ccc(I)c(OC(F)F)c1C#N. The molecule has 0 fully saturated rings. The van der Waals surface area contributed by atoms with Crippen molar-refractivity contribution in [1.82, 2.24) is 0 Å². The lowest BCUT2D eigenvalue weighted by Gasteiger charge is -2.11. The predicted molar refractivity (Wildman–Crippen MR) is 61.8 cm³/mol. The molecule has 0 N–H and O–H groups in total. The Balaban J connectivity index is 3.37. The second-order valence-corrected chi connectivity index (χ2v) is 3.94. The van der Waals surface area contributed by atoms with Gasteiger partial charge in [0.25, 0.3) is 0 Å². The van der Waals surface area contributed by atoms with Crippen molar-refractivity contribution in [2.45, 2.75) is 6.61 Å². The highest BCUT2D eigenvalue weighted by Gasteiger charge is 2.21.